The summed E-state index contributed by atoms with van der Waals surface area (Å²) in [6.45, 7) is -0.0499. The van der Waals surface area contributed by atoms with Crippen molar-refractivity contribution in [2.75, 3.05) is 6.16 Å². The van der Waals surface area contributed by atoms with Gasteiger partial charge >= 0.3 is 6.09 Å². The number of nitrogens with one attached hydrogen (secondary N) is 3. The number of para-hydroxylation sites is 1. The largest absolute Gasteiger partial charge is 0.445 e. The first-order valence-corrected chi connectivity index (χ1v) is 19.0. The molecule has 0 bridgehead atoms. The third-order valence-corrected chi connectivity index (χ3v) is 11.2. The number of rotatable bonds is 16. The highest BCUT2D eigenvalue weighted by molar-refractivity contribution is 7.58. The van der Waals surface area contributed by atoms with Gasteiger partial charge in [0.1, 0.15) is 29.9 Å². The minimum atomic E-state index is -4.43. The molecule has 272 valence electrons. The van der Waals surface area contributed by atoms with E-state index in [1.54, 1.807) is 48.7 Å². The number of amides is 3. The normalized spacial score (nSPS) is 14.1. The van der Waals surface area contributed by atoms with Gasteiger partial charge in [-0.15, -0.1) is 0 Å². The molecule has 6 N–H and O–H groups in total. The highest BCUT2D eigenvalue weighted by atomic mass is 31.2. The lowest BCUT2D eigenvalue weighted by Crippen LogP contribution is -2.49. The Morgan fingerprint density at radius 1 is 0.830 bits per heavy atom. The average molecular weight is 734 g/mol. The monoisotopic (exact) mass is 733 g/mol. The Morgan fingerprint density at radius 2 is 1.47 bits per heavy atom. The third-order valence-electron chi connectivity index (χ3n) is 8.94. The molecule has 2 heterocycles. The minimum absolute atomic E-state index is 0.0195. The van der Waals surface area contributed by atoms with Crippen molar-refractivity contribution in [3.63, 3.8) is 0 Å². The van der Waals surface area contributed by atoms with E-state index in [1.807, 2.05) is 78.9 Å². The highest BCUT2D eigenvalue weighted by Gasteiger charge is 2.39. The van der Waals surface area contributed by atoms with Crippen molar-refractivity contribution in [2.24, 2.45) is 11.7 Å². The summed E-state index contributed by atoms with van der Waals surface area (Å²) in [4.78, 5) is 54.9. The van der Waals surface area contributed by atoms with Gasteiger partial charge in [0.2, 0.25) is 19.2 Å². The van der Waals surface area contributed by atoms with Gasteiger partial charge in [-0.1, -0.05) is 114 Å². The van der Waals surface area contributed by atoms with Gasteiger partial charge in [0.05, 0.1) is 5.92 Å². The van der Waals surface area contributed by atoms with Crippen LogP contribution in [0.3, 0.4) is 0 Å². The number of aromatic nitrogens is 2. The summed E-state index contributed by atoms with van der Waals surface area (Å²) in [7, 11) is -4.43. The molecule has 4 atom stereocenters. The molecule has 0 aliphatic carbocycles. The maximum Gasteiger partial charge on any atom is 0.408 e. The Morgan fingerprint density at radius 3 is 2.17 bits per heavy atom. The van der Waals surface area contributed by atoms with Gasteiger partial charge in [-0.05, 0) is 22.8 Å². The molecule has 6 aromatic rings. The van der Waals surface area contributed by atoms with Gasteiger partial charge in [0.25, 0.3) is 0 Å². The number of alkyl carbamates (subject to hydrolysis) is 1. The Labute approximate surface area is 306 Å². The fourth-order valence-corrected chi connectivity index (χ4v) is 8.13. The van der Waals surface area contributed by atoms with Crippen LogP contribution in [0.25, 0.3) is 22.2 Å². The van der Waals surface area contributed by atoms with E-state index in [0.29, 0.717) is 11.3 Å². The molecule has 1 unspecified atom stereocenters. The van der Waals surface area contributed by atoms with Crippen molar-refractivity contribution in [2.45, 2.75) is 37.7 Å². The molecule has 0 saturated carbocycles. The third kappa shape index (κ3) is 9.88. The van der Waals surface area contributed by atoms with Crippen LogP contribution < -0.4 is 16.4 Å². The zero-order valence-electron chi connectivity index (χ0n) is 28.8. The predicted molar refractivity (Wildman–Crippen MR) is 201 cm³/mol. The second-order valence-electron chi connectivity index (χ2n) is 12.8. The Hall–Kier alpha value is -5.97. The van der Waals surface area contributed by atoms with Crippen LogP contribution in [0.15, 0.2) is 132 Å². The number of aromatic amines is 1. The fraction of sp³-hybridized carbons (Fsp3) is 0.200. The number of primary amides is 1. The van der Waals surface area contributed by atoms with Gasteiger partial charge in [-0.25, -0.2) is 4.79 Å². The summed E-state index contributed by atoms with van der Waals surface area (Å²) >= 11 is 0. The topological polar surface area (TPSA) is 190 Å². The van der Waals surface area contributed by atoms with Crippen LogP contribution in [0.2, 0.25) is 0 Å². The number of benzene rings is 4. The van der Waals surface area contributed by atoms with E-state index in [4.69, 9.17) is 15.0 Å². The zero-order valence-corrected chi connectivity index (χ0v) is 29.7. The van der Waals surface area contributed by atoms with Crippen LogP contribution in [0.5, 0.6) is 0 Å². The van der Waals surface area contributed by atoms with Crippen LogP contribution in [0, 0.1) is 5.92 Å². The molecule has 53 heavy (non-hydrogen) atoms. The number of fused-ring (bicyclic) bond motifs is 1. The summed E-state index contributed by atoms with van der Waals surface area (Å²) in [5.74, 6) is -3.70. The van der Waals surface area contributed by atoms with Crippen LogP contribution in [-0.4, -0.2) is 50.9 Å². The first-order valence-electron chi connectivity index (χ1n) is 17.1. The van der Waals surface area contributed by atoms with Gasteiger partial charge in [0.15, 0.2) is 0 Å². The molecule has 0 spiro atoms. The smallest absolute Gasteiger partial charge is 0.408 e. The van der Waals surface area contributed by atoms with Crippen molar-refractivity contribution in [3.8, 4) is 11.3 Å². The SMILES string of the molecule is NC(=O)[C@H](Cc1c[nH]c2ccccc12)NC(=O)[C@H](Cc1cc(-c2ccccc2)no1)CP(=O)(O)[C@H](Cc1ccccc1)NC(=O)OCc1ccccc1. The molecule has 0 radical (unpaired) electrons. The van der Waals surface area contributed by atoms with Gasteiger partial charge in [-0.2, -0.15) is 0 Å². The van der Waals surface area contributed by atoms with E-state index in [0.717, 1.165) is 27.6 Å². The number of ether oxygens (including phenoxy) is 1. The summed E-state index contributed by atoms with van der Waals surface area (Å²) in [6.07, 6.45) is 0.220. The maximum atomic E-state index is 14.4. The van der Waals surface area contributed by atoms with E-state index in [9.17, 15) is 23.8 Å². The second kappa shape index (κ2) is 17.0. The average Bonchev–Trinajstić information content (AvgIpc) is 3.81. The number of hydrogen-bond acceptors (Lipinski definition) is 7. The lowest BCUT2D eigenvalue weighted by Gasteiger charge is -2.28. The number of nitrogens with zero attached hydrogens (tertiary/aromatic N) is 1. The number of nitrogens with two attached hydrogens (primary N) is 1. The van der Waals surface area contributed by atoms with Gasteiger partial charge in [-0.3, -0.25) is 14.2 Å². The van der Waals surface area contributed by atoms with Crippen LogP contribution in [-0.2, 0) is 44.8 Å². The van der Waals surface area contributed by atoms with E-state index in [1.165, 1.54) is 0 Å². The minimum Gasteiger partial charge on any atom is -0.445 e. The summed E-state index contributed by atoms with van der Waals surface area (Å²) < 4.78 is 25.5. The molecule has 0 saturated heterocycles. The van der Waals surface area contributed by atoms with E-state index in [2.05, 4.69) is 20.8 Å². The molecule has 0 aliphatic rings. The molecule has 12 nitrogen and oxygen atoms in total. The number of carbonyl (C=O) groups excluding carboxylic acids is 3. The van der Waals surface area contributed by atoms with E-state index in [-0.39, 0.29) is 31.6 Å². The van der Waals surface area contributed by atoms with Crippen LogP contribution in [0.4, 0.5) is 4.79 Å². The van der Waals surface area contributed by atoms with Crippen LogP contribution in [0.1, 0.15) is 22.5 Å². The fourth-order valence-electron chi connectivity index (χ4n) is 6.15. The second-order valence-corrected chi connectivity index (χ2v) is 15.3. The summed E-state index contributed by atoms with van der Waals surface area (Å²) in [5.41, 5.74) is 10.1. The Kier molecular flexibility index (Phi) is 11.8. The standard InChI is InChI=1S/C40H40N5O7P/c41-38(46)36(22-30-24-42-34-19-11-10-18-33(30)34)43-39(47)31(21-32-23-35(45-52-32)29-16-8-3-9-17-29)26-53(49,50)37(20-27-12-4-1-5-13-27)44-40(48)51-25-28-14-6-2-7-15-28/h1-19,23-24,31,36-37,42H,20-22,25-26H2,(H2,41,46)(H,43,47)(H,44,48)(H,49,50)/t31-,36+,37-/m1/s1. The van der Waals surface area contributed by atoms with Gasteiger partial charge < -0.3 is 35.5 Å². The molecule has 4 aromatic carbocycles. The molecular weight excluding hydrogens is 693 g/mol. The molecule has 3 amide bonds. The Bertz CT molecular complexity index is 2190. The summed E-state index contributed by atoms with van der Waals surface area (Å²) in [6, 6.07) is 35.3. The first kappa shape index (κ1) is 36.8. The number of carbonyl (C=O) groups is 3. The van der Waals surface area contributed by atoms with Crippen molar-refractivity contribution in [3.05, 3.63) is 150 Å². The van der Waals surface area contributed by atoms with Crippen molar-refractivity contribution < 1.29 is 33.1 Å². The Balaban J connectivity index is 1.26. The maximum absolute atomic E-state index is 14.4. The first-order chi connectivity index (χ1) is 25.6. The lowest BCUT2D eigenvalue weighted by molar-refractivity contribution is -0.129. The molecule has 13 heteroatoms. The molecule has 0 aliphatic heterocycles. The quantitative estimate of drug-likeness (QED) is 0.0753. The molecule has 2 aromatic heterocycles. The van der Waals surface area contributed by atoms with E-state index >= 15 is 0 Å². The highest BCUT2D eigenvalue weighted by Crippen LogP contribution is 2.48. The van der Waals surface area contributed by atoms with Crippen LogP contribution >= 0.6 is 7.37 Å². The number of hydrogen-bond donors (Lipinski definition) is 5. The number of H-pyrrole nitrogens is 1. The van der Waals surface area contributed by atoms with Gasteiger partial charge in [0, 0.05) is 54.2 Å². The predicted octanol–water partition coefficient (Wildman–Crippen LogP) is 5.96. The van der Waals surface area contributed by atoms with Crippen molar-refractivity contribution in [1.29, 1.82) is 0 Å². The lowest BCUT2D eigenvalue weighted by atomic mass is 10.0. The van der Waals surface area contributed by atoms with Crippen molar-refractivity contribution >= 4 is 36.2 Å². The molecule has 6 rings (SSSR count). The van der Waals surface area contributed by atoms with E-state index < -0.39 is 49.2 Å². The summed E-state index contributed by atoms with van der Waals surface area (Å²) in [5, 5.41) is 10.3. The zero-order chi connectivity index (χ0) is 37.2. The van der Waals surface area contributed by atoms with Crippen molar-refractivity contribution in [1.82, 2.24) is 20.8 Å². The molecular formula is C40H40N5O7P. The molecule has 0 fully saturated rings.